The molecule has 248 valence electrons. The van der Waals surface area contributed by atoms with Crippen LogP contribution in [0, 0.1) is 13.8 Å². The number of aryl methyl sites for hydroxylation is 2. The van der Waals surface area contributed by atoms with Crippen molar-refractivity contribution in [3.8, 4) is 49.3 Å². The number of thiophene rings is 2. The van der Waals surface area contributed by atoms with Gasteiger partial charge in [0.1, 0.15) is 17.2 Å². The Kier molecular flexibility index (Phi) is 12.8. The average Bonchev–Trinajstić information content (AvgIpc) is 3.77. The maximum atomic E-state index is 6.34. The second-order valence-corrected chi connectivity index (χ2v) is 13.4. The Hall–Kier alpha value is -4.46. The van der Waals surface area contributed by atoms with Gasteiger partial charge in [-0.15, -0.1) is 35.8 Å². The van der Waals surface area contributed by atoms with Crippen LogP contribution in [0.1, 0.15) is 49.7 Å². The summed E-state index contributed by atoms with van der Waals surface area (Å²) < 4.78 is 18.1. The highest BCUT2D eigenvalue weighted by Crippen LogP contribution is 2.50. The van der Waals surface area contributed by atoms with Gasteiger partial charge in [0.05, 0.1) is 47.0 Å². The fourth-order valence-corrected chi connectivity index (χ4v) is 7.73. The van der Waals surface area contributed by atoms with Crippen molar-refractivity contribution in [2.45, 2.75) is 52.4 Å². The van der Waals surface area contributed by atoms with Crippen LogP contribution in [0.4, 0.5) is 11.4 Å². The van der Waals surface area contributed by atoms with E-state index in [1.165, 1.54) is 20.9 Å². The van der Waals surface area contributed by atoms with E-state index in [0.29, 0.717) is 13.2 Å². The third kappa shape index (κ3) is 8.71. The van der Waals surface area contributed by atoms with Crippen LogP contribution in [0.3, 0.4) is 0 Å². The first-order chi connectivity index (χ1) is 23.5. The molecule has 0 aliphatic heterocycles. The number of hydrogen-bond acceptors (Lipinski definition) is 7. The molecule has 0 N–H and O–H groups in total. The van der Waals surface area contributed by atoms with Gasteiger partial charge in [0, 0.05) is 11.1 Å². The van der Waals surface area contributed by atoms with Crippen molar-refractivity contribution in [2.24, 2.45) is 10.2 Å². The molecule has 2 heterocycles. The first-order valence-corrected chi connectivity index (χ1v) is 18.2. The molecule has 0 radical (unpaired) electrons. The van der Waals surface area contributed by atoms with Gasteiger partial charge in [-0.2, -0.15) is 10.2 Å². The highest BCUT2D eigenvalue weighted by atomic mass is 32.1. The second-order valence-electron chi connectivity index (χ2n) is 11.6. The fourth-order valence-electron chi connectivity index (χ4n) is 5.73. The number of allylic oxidation sites excluding steroid dienone is 2. The Morgan fingerprint density at radius 1 is 0.646 bits per heavy atom. The van der Waals surface area contributed by atoms with Gasteiger partial charge in [-0.3, -0.25) is 0 Å². The van der Waals surface area contributed by atoms with Crippen molar-refractivity contribution in [1.29, 1.82) is 0 Å². The lowest BCUT2D eigenvalue weighted by molar-refractivity contribution is 0.306. The summed E-state index contributed by atoms with van der Waals surface area (Å²) in [5.41, 5.74) is 8.47. The normalized spacial score (nSPS) is 11.1. The number of nitrogens with zero attached hydrogens (tertiary/aromatic N) is 2. The predicted octanol–water partition coefficient (Wildman–Crippen LogP) is 13.3. The van der Waals surface area contributed by atoms with Crippen molar-refractivity contribution in [2.75, 3.05) is 20.3 Å². The SMILES string of the molecule is C=CCCCCOc1ccc(N=Nc2cc(C)c(-c3ccsc3-c3sccc3-c3c(OC)cccc3OCCCCC=C)c(C)c2)cc1. The Bertz CT molecular complexity index is 1810. The molecule has 48 heavy (non-hydrogen) atoms. The molecule has 5 aromatic rings. The number of rotatable bonds is 18. The molecule has 0 fully saturated rings. The lowest BCUT2D eigenvalue weighted by atomic mass is 9.94. The lowest BCUT2D eigenvalue weighted by Gasteiger charge is -2.16. The van der Waals surface area contributed by atoms with Crippen LogP contribution >= 0.6 is 22.7 Å². The van der Waals surface area contributed by atoms with Gasteiger partial charge in [-0.25, -0.2) is 0 Å². The van der Waals surface area contributed by atoms with Crippen LogP contribution in [0.5, 0.6) is 17.2 Å². The van der Waals surface area contributed by atoms with Crippen LogP contribution in [-0.4, -0.2) is 20.3 Å². The zero-order valence-corrected chi connectivity index (χ0v) is 29.8. The minimum absolute atomic E-state index is 0.649. The molecule has 0 aliphatic rings. The second kappa shape index (κ2) is 17.6. The van der Waals surface area contributed by atoms with Crippen LogP contribution < -0.4 is 14.2 Å². The topological polar surface area (TPSA) is 52.4 Å². The third-order valence-electron chi connectivity index (χ3n) is 8.05. The van der Waals surface area contributed by atoms with Gasteiger partial charge in [0.15, 0.2) is 0 Å². The predicted molar refractivity (Wildman–Crippen MR) is 204 cm³/mol. The zero-order chi connectivity index (χ0) is 33.7. The number of hydrogen-bond donors (Lipinski definition) is 0. The van der Waals surface area contributed by atoms with Crippen molar-refractivity contribution in [3.05, 3.63) is 114 Å². The van der Waals surface area contributed by atoms with Gasteiger partial charge in [-0.1, -0.05) is 18.2 Å². The van der Waals surface area contributed by atoms with E-state index in [0.717, 1.165) is 89.4 Å². The van der Waals surface area contributed by atoms with Gasteiger partial charge >= 0.3 is 0 Å². The molecule has 7 heteroatoms. The van der Waals surface area contributed by atoms with E-state index >= 15 is 0 Å². The number of benzene rings is 3. The van der Waals surface area contributed by atoms with Crippen LogP contribution in [0.2, 0.25) is 0 Å². The van der Waals surface area contributed by atoms with Crippen molar-refractivity contribution in [1.82, 2.24) is 0 Å². The summed E-state index contributed by atoms with van der Waals surface area (Å²) in [5, 5.41) is 13.4. The van der Waals surface area contributed by atoms with Crippen molar-refractivity contribution >= 4 is 34.0 Å². The van der Waals surface area contributed by atoms with E-state index in [4.69, 9.17) is 14.2 Å². The molecule has 0 bridgehead atoms. The maximum absolute atomic E-state index is 6.34. The van der Waals surface area contributed by atoms with Crippen LogP contribution in [0.25, 0.3) is 32.0 Å². The monoisotopic (exact) mass is 676 g/mol. The summed E-state index contributed by atoms with van der Waals surface area (Å²) >= 11 is 3.50. The molecule has 0 saturated carbocycles. The number of unbranched alkanes of at least 4 members (excludes halogenated alkanes) is 4. The molecule has 5 nitrogen and oxygen atoms in total. The summed E-state index contributed by atoms with van der Waals surface area (Å²) in [7, 11) is 1.72. The summed E-state index contributed by atoms with van der Waals surface area (Å²) in [6, 6.07) is 22.4. The highest BCUT2D eigenvalue weighted by Gasteiger charge is 2.22. The smallest absolute Gasteiger partial charge is 0.130 e. The Morgan fingerprint density at radius 2 is 1.21 bits per heavy atom. The average molecular weight is 677 g/mol. The number of azo groups is 1. The summed E-state index contributed by atoms with van der Waals surface area (Å²) in [5.74, 6) is 2.49. The van der Waals surface area contributed by atoms with Gasteiger partial charge in [0.25, 0.3) is 0 Å². The quantitative estimate of drug-likeness (QED) is 0.0527. The Balaban J connectivity index is 1.37. The first kappa shape index (κ1) is 34.9. The number of methoxy groups -OCH3 is 1. The largest absolute Gasteiger partial charge is 0.496 e. The molecular formula is C41H44N2O3S2. The van der Waals surface area contributed by atoms with E-state index in [-0.39, 0.29) is 0 Å². The van der Waals surface area contributed by atoms with Gasteiger partial charge in [0.2, 0.25) is 0 Å². The maximum Gasteiger partial charge on any atom is 0.130 e. The Labute approximate surface area is 293 Å². The minimum Gasteiger partial charge on any atom is -0.496 e. The van der Waals surface area contributed by atoms with E-state index in [2.05, 4.69) is 72.3 Å². The number of ether oxygens (including phenoxy) is 3. The molecule has 2 aromatic heterocycles. The molecular weight excluding hydrogens is 633 g/mol. The first-order valence-electron chi connectivity index (χ1n) is 16.5. The zero-order valence-electron chi connectivity index (χ0n) is 28.2. The molecule has 0 unspecified atom stereocenters. The summed E-state index contributed by atoms with van der Waals surface area (Å²) in [6.07, 6.45) is 10.0. The highest BCUT2D eigenvalue weighted by molar-refractivity contribution is 7.21. The molecule has 5 rings (SSSR count). The van der Waals surface area contributed by atoms with E-state index < -0.39 is 0 Å². The van der Waals surface area contributed by atoms with Crippen LogP contribution in [-0.2, 0) is 0 Å². The fraction of sp³-hybridized carbons (Fsp3) is 0.268. The third-order valence-corrected chi connectivity index (χ3v) is 10.0. The van der Waals surface area contributed by atoms with Crippen molar-refractivity contribution < 1.29 is 14.2 Å². The Morgan fingerprint density at radius 3 is 1.81 bits per heavy atom. The lowest BCUT2D eigenvalue weighted by Crippen LogP contribution is -2.00. The van der Waals surface area contributed by atoms with E-state index in [1.807, 2.05) is 54.6 Å². The molecule has 0 amide bonds. The molecule has 0 spiro atoms. The standard InChI is InChI=1S/C41H44N2O3S2/c1-6-8-10-12-23-45-33-19-17-31(18-20-33)42-43-32-27-29(3)38(30(4)28-32)34-21-25-47-40(34)41-35(22-26-48-41)39-36(44-5)15-14-16-37(39)46-24-13-11-9-7-2/h6-7,14-22,25-28H,1-2,8-13,23-24H2,3-5H3. The summed E-state index contributed by atoms with van der Waals surface area (Å²) in [6.45, 7) is 13.2. The van der Waals surface area contributed by atoms with E-state index in [1.54, 1.807) is 29.8 Å². The summed E-state index contributed by atoms with van der Waals surface area (Å²) in [4.78, 5) is 2.43. The van der Waals surface area contributed by atoms with E-state index in [9.17, 15) is 0 Å². The minimum atomic E-state index is 0.649. The van der Waals surface area contributed by atoms with Gasteiger partial charge in [-0.05, 0) is 140 Å². The van der Waals surface area contributed by atoms with Gasteiger partial charge < -0.3 is 14.2 Å². The van der Waals surface area contributed by atoms with Crippen molar-refractivity contribution in [3.63, 3.8) is 0 Å². The van der Waals surface area contributed by atoms with Crippen LogP contribution in [0.15, 0.2) is 113 Å². The molecule has 3 aromatic carbocycles. The molecule has 0 aliphatic carbocycles. The molecule has 0 atom stereocenters. The molecule has 0 saturated heterocycles.